The first-order chi connectivity index (χ1) is 8.63. The van der Waals surface area contributed by atoms with Crippen LogP contribution in [-0.4, -0.2) is 14.8 Å². The van der Waals surface area contributed by atoms with Gasteiger partial charge in [-0.1, -0.05) is 23.2 Å². The number of rotatable bonds is 1. The zero-order valence-corrected chi connectivity index (χ0v) is 11.1. The predicted molar refractivity (Wildman–Crippen MR) is 72.0 cm³/mol. The van der Waals surface area contributed by atoms with Crippen LogP contribution in [0, 0.1) is 0 Å². The van der Waals surface area contributed by atoms with E-state index in [0.717, 1.165) is 30.8 Å². The fraction of sp³-hybridized carbons (Fsp3) is 0.333. The number of halogens is 2. The first-order valence-electron chi connectivity index (χ1n) is 5.79. The summed E-state index contributed by atoms with van der Waals surface area (Å²) in [6.07, 6.45) is 2.05. The summed E-state index contributed by atoms with van der Waals surface area (Å²) in [5, 5.41) is 5.47. The number of benzene rings is 1. The van der Waals surface area contributed by atoms with E-state index in [0.29, 0.717) is 16.0 Å². The number of hydrogen-bond acceptors (Lipinski definition) is 3. The molecule has 0 radical (unpaired) electrons. The summed E-state index contributed by atoms with van der Waals surface area (Å²) >= 11 is 12.1. The van der Waals surface area contributed by atoms with E-state index >= 15 is 0 Å². The van der Waals surface area contributed by atoms with Crippen LogP contribution in [0.2, 0.25) is 10.0 Å². The molecule has 1 aliphatic rings. The van der Waals surface area contributed by atoms with Crippen LogP contribution >= 0.6 is 23.2 Å². The maximum atomic E-state index is 6.05. The van der Waals surface area contributed by atoms with Gasteiger partial charge in [-0.05, 0) is 36.6 Å². The molecule has 2 heterocycles. The third kappa shape index (κ3) is 2.06. The Kier molecular flexibility index (Phi) is 2.92. The van der Waals surface area contributed by atoms with Gasteiger partial charge < -0.3 is 5.73 Å². The minimum atomic E-state index is 0.166. The van der Waals surface area contributed by atoms with Crippen LogP contribution < -0.4 is 5.73 Å². The molecule has 0 aliphatic carbocycles. The van der Waals surface area contributed by atoms with Crippen LogP contribution in [0.15, 0.2) is 18.2 Å². The standard InChI is InChI=1S/C12H12Cl2N4/c13-8-4-7(5-9(14)6-8)10-2-1-3-18-11(10)16-12(15)17-18/h4-6,10H,1-3H2,(H2,15,17). The molecule has 18 heavy (non-hydrogen) atoms. The smallest absolute Gasteiger partial charge is 0.239 e. The molecule has 0 saturated heterocycles. The Morgan fingerprint density at radius 2 is 1.94 bits per heavy atom. The van der Waals surface area contributed by atoms with Crippen molar-refractivity contribution < 1.29 is 0 Å². The van der Waals surface area contributed by atoms with Crippen LogP contribution in [0.5, 0.6) is 0 Å². The molecule has 0 bridgehead atoms. The molecule has 1 aliphatic heterocycles. The zero-order chi connectivity index (χ0) is 12.7. The second-order valence-corrected chi connectivity index (χ2v) is 5.32. The van der Waals surface area contributed by atoms with E-state index in [2.05, 4.69) is 10.1 Å². The molecule has 2 N–H and O–H groups in total. The molecule has 1 atom stereocenters. The third-order valence-electron chi connectivity index (χ3n) is 3.18. The Morgan fingerprint density at radius 3 is 2.67 bits per heavy atom. The van der Waals surface area contributed by atoms with Gasteiger partial charge in [0.2, 0.25) is 5.95 Å². The molecule has 1 aromatic carbocycles. The number of anilines is 1. The Hall–Kier alpha value is -1.26. The molecule has 4 nitrogen and oxygen atoms in total. The van der Waals surface area contributed by atoms with Crippen LogP contribution in [-0.2, 0) is 6.54 Å². The highest BCUT2D eigenvalue weighted by Crippen LogP contribution is 2.34. The highest BCUT2D eigenvalue weighted by atomic mass is 35.5. The Bertz CT molecular complexity index is 574. The minimum absolute atomic E-state index is 0.166. The summed E-state index contributed by atoms with van der Waals surface area (Å²) in [5.41, 5.74) is 6.73. The van der Waals surface area contributed by atoms with Gasteiger partial charge in [0.25, 0.3) is 0 Å². The maximum absolute atomic E-state index is 6.05. The van der Waals surface area contributed by atoms with Crippen molar-refractivity contribution in [3.05, 3.63) is 39.6 Å². The molecule has 2 aromatic rings. The van der Waals surface area contributed by atoms with Gasteiger partial charge in [-0.2, -0.15) is 4.98 Å². The van der Waals surface area contributed by atoms with E-state index in [9.17, 15) is 0 Å². The van der Waals surface area contributed by atoms with Crippen molar-refractivity contribution >= 4 is 29.2 Å². The summed E-state index contributed by atoms with van der Waals surface area (Å²) in [6.45, 7) is 0.865. The van der Waals surface area contributed by atoms with Crippen molar-refractivity contribution in [2.75, 3.05) is 5.73 Å². The second-order valence-electron chi connectivity index (χ2n) is 4.45. The SMILES string of the molecule is Nc1nc2n(n1)CCCC2c1cc(Cl)cc(Cl)c1. The quantitative estimate of drug-likeness (QED) is 0.875. The monoisotopic (exact) mass is 282 g/mol. The third-order valence-corrected chi connectivity index (χ3v) is 3.61. The molecule has 0 spiro atoms. The van der Waals surface area contributed by atoms with Crippen LogP contribution in [0.1, 0.15) is 30.1 Å². The van der Waals surface area contributed by atoms with Gasteiger partial charge in [-0.3, -0.25) is 0 Å². The topological polar surface area (TPSA) is 56.7 Å². The summed E-state index contributed by atoms with van der Waals surface area (Å²) in [6, 6.07) is 5.59. The molecule has 3 rings (SSSR count). The van der Waals surface area contributed by atoms with Crippen molar-refractivity contribution in [1.29, 1.82) is 0 Å². The van der Waals surface area contributed by atoms with Gasteiger partial charge in [0.05, 0.1) is 0 Å². The van der Waals surface area contributed by atoms with Crippen molar-refractivity contribution in [3.8, 4) is 0 Å². The number of nitrogens with zero attached hydrogens (tertiary/aromatic N) is 3. The molecule has 1 aromatic heterocycles. The van der Waals surface area contributed by atoms with Crippen molar-refractivity contribution in [2.24, 2.45) is 0 Å². The molecule has 0 saturated carbocycles. The molecular weight excluding hydrogens is 271 g/mol. The number of aromatic nitrogens is 3. The van der Waals surface area contributed by atoms with Gasteiger partial charge in [0, 0.05) is 22.5 Å². The Balaban J connectivity index is 2.07. The average molecular weight is 283 g/mol. The molecule has 0 amide bonds. The molecule has 1 unspecified atom stereocenters. The van der Waals surface area contributed by atoms with Gasteiger partial charge >= 0.3 is 0 Å². The van der Waals surface area contributed by atoms with Crippen LogP contribution in [0.4, 0.5) is 5.95 Å². The minimum Gasteiger partial charge on any atom is -0.366 e. The Morgan fingerprint density at radius 1 is 1.22 bits per heavy atom. The van der Waals surface area contributed by atoms with Gasteiger partial charge in [-0.25, -0.2) is 4.68 Å². The maximum Gasteiger partial charge on any atom is 0.239 e. The van der Waals surface area contributed by atoms with E-state index in [1.165, 1.54) is 0 Å². The molecule has 0 fully saturated rings. The van der Waals surface area contributed by atoms with Gasteiger partial charge in [0.15, 0.2) is 0 Å². The fourth-order valence-corrected chi connectivity index (χ4v) is 3.00. The first kappa shape index (κ1) is 11.8. The van der Waals surface area contributed by atoms with E-state index in [-0.39, 0.29) is 5.92 Å². The van der Waals surface area contributed by atoms with Crippen LogP contribution in [0.25, 0.3) is 0 Å². The lowest BCUT2D eigenvalue weighted by Crippen LogP contribution is -2.18. The number of nitrogen functional groups attached to an aromatic ring is 1. The second kappa shape index (κ2) is 4.44. The van der Waals surface area contributed by atoms with E-state index < -0.39 is 0 Å². The van der Waals surface area contributed by atoms with E-state index in [4.69, 9.17) is 28.9 Å². The summed E-state index contributed by atoms with van der Waals surface area (Å²) in [7, 11) is 0. The van der Waals surface area contributed by atoms with Crippen LogP contribution in [0.3, 0.4) is 0 Å². The number of aryl methyl sites for hydroxylation is 1. The normalized spacial score (nSPS) is 18.7. The number of fused-ring (bicyclic) bond motifs is 1. The highest BCUT2D eigenvalue weighted by Gasteiger charge is 2.25. The predicted octanol–water partition coefficient (Wildman–Crippen LogP) is 3.09. The molecule has 94 valence electrons. The summed E-state index contributed by atoms with van der Waals surface area (Å²) in [4.78, 5) is 4.31. The lowest BCUT2D eigenvalue weighted by atomic mass is 9.91. The highest BCUT2D eigenvalue weighted by molar-refractivity contribution is 6.34. The number of nitrogens with two attached hydrogens (primary N) is 1. The summed E-state index contributed by atoms with van der Waals surface area (Å²) < 4.78 is 1.87. The van der Waals surface area contributed by atoms with Crippen molar-refractivity contribution in [3.63, 3.8) is 0 Å². The lowest BCUT2D eigenvalue weighted by molar-refractivity contribution is 0.446. The average Bonchev–Trinajstić information content (AvgIpc) is 2.67. The molecular formula is C12H12Cl2N4. The number of hydrogen-bond donors (Lipinski definition) is 1. The lowest BCUT2D eigenvalue weighted by Gasteiger charge is -2.22. The van der Waals surface area contributed by atoms with E-state index in [1.54, 1.807) is 6.07 Å². The van der Waals surface area contributed by atoms with Crippen molar-refractivity contribution in [1.82, 2.24) is 14.8 Å². The van der Waals surface area contributed by atoms with E-state index in [1.807, 2.05) is 16.8 Å². The van der Waals surface area contributed by atoms with Gasteiger partial charge in [0.1, 0.15) is 5.82 Å². The summed E-state index contributed by atoms with van der Waals surface area (Å²) in [5.74, 6) is 1.39. The molecule has 6 heteroatoms. The first-order valence-corrected chi connectivity index (χ1v) is 6.55. The fourth-order valence-electron chi connectivity index (χ4n) is 2.46. The van der Waals surface area contributed by atoms with Gasteiger partial charge in [-0.15, -0.1) is 5.10 Å². The Labute approximate surface area is 115 Å². The van der Waals surface area contributed by atoms with Crippen molar-refractivity contribution in [2.45, 2.75) is 25.3 Å². The largest absolute Gasteiger partial charge is 0.366 e. The zero-order valence-electron chi connectivity index (χ0n) is 9.61.